The van der Waals surface area contributed by atoms with Crippen LogP contribution in [0.25, 0.3) is 11.0 Å². The van der Waals surface area contributed by atoms with E-state index in [-0.39, 0.29) is 41.1 Å². The summed E-state index contributed by atoms with van der Waals surface area (Å²) in [6.07, 6.45) is 5.39. The predicted molar refractivity (Wildman–Crippen MR) is 125 cm³/mol. The Morgan fingerprint density at radius 1 is 1.34 bits per heavy atom. The van der Waals surface area contributed by atoms with E-state index >= 15 is 4.39 Å². The predicted octanol–water partition coefficient (Wildman–Crippen LogP) is 4.36. The van der Waals surface area contributed by atoms with Crippen LogP contribution in [0.15, 0.2) is 35.6 Å². The Labute approximate surface area is 201 Å². The molecule has 12 heteroatoms. The summed E-state index contributed by atoms with van der Waals surface area (Å²) < 4.78 is 61.2. The third kappa shape index (κ3) is 3.80. The first-order chi connectivity index (χ1) is 16.7. The number of fused-ring (bicyclic) bond motifs is 2. The van der Waals surface area contributed by atoms with Crippen LogP contribution in [0.5, 0.6) is 5.88 Å². The Kier molecular flexibility index (Phi) is 5.47. The number of nitrogens with zero attached hydrogens (tertiary/aromatic N) is 4. The van der Waals surface area contributed by atoms with Crippen LogP contribution < -0.4 is 15.8 Å². The minimum atomic E-state index is -2.69. The minimum Gasteiger partial charge on any atom is -0.463 e. The van der Waals surface area contributed by atoms with E-state index in [2.05, 4.69) is 31.2 Å². The highest BCUT2D eigenvalue weighted by Gasteiger charge is 2.71. The highest BCUT2D eigenvalue weighted by Crippen LogP contribution is 2.68. The lowest BCUT2D eigenvalue weighted by Gasteiger charge is -2.34. The van der Waals surface area contributed by atoms with Gasteiger partial charge < -0.3 is 15.8 Å². The van der Waals surface area contributed by atoms with E-state index in [1.54, 1.807) is 6.07 Å². The number of halogens is 4. The molecular weight excluding hydrogens is 484 g/mol. The summed E-state index contributed by atoms with van der Waals surface area (Å²) in [5.74, 6) is -0.282. The molecule has 2 aliphatic rings. The number of nitrogens with two attached hydrogens (primary N) is 1. The summed E-state index contributed by atoms with van der Waals surface area (Å²) in [5, 5.41) is 2.83. The molecule has 3 N–H and O–H groups in total. The summed E-state index contributed by atoms with van der Waals surface area (Å²) in [7, 11) is 0. The Hall–Kier alpha value is -3.59. The van der Waals surface area contributed by atoms with E-state index in [4.69, 9.17) is 16.9 Å². The van der Waals surface area contributed by atoms with Crippen molar-refractivity contribution in [3.8, 4) is 18.2 Å². The fraction of sp³-hybridized carbons (Fsp3) is 0.304. The molecule has 1 unspecified atom stereocenters. The quantitative estimate of drug-likeness (QED) is 0.382. The molecule has 2 aromatic heterocycles. The van der Waals surface area contributed by atoms with E-state index in [1.807, 2.05) is 0 Å². The summed E-state index contributed by atoms with van der Waals surface area (Å²) in [4.78, 5) is 17.1. The second-order valence-corrected chi connectivity index (χ2v) is 9.77. The van der Waals surface area contributed by atoms with Gasteiger partial charge in [-0.05, 0) is 25.5 Å². The molecule has 3 heterocycles. The maximum absolute atomic E-state index is 15.0. The van der Waals surface area contributed by atoms with Gasteiger partial charge in [-0.1, -0.05) is 17.7 Å². The van der Waals surface area contributed by atoms with Crippen LogP contribution in [-0.2, 0) is 5.54 Å². The summed E-state index contributed by atoms with van der Waals surface area (Å²) in [6.45, 7) is 1.52. The molecule has 1 aliphatic heterocycles. The molecule has 3 atom stereocenters. The molecule has 5 rings (SSSR count). The zero-order chi connectivity index (χ0) is 25.0. The Morgan fingerprint density at radius 3 is 2.89 bits per heavy atom. The zero-order valence-corrected chi connectivity index (χ0v) is 19.0. The van der Waals surface area contributed by atoms with Gasteiger partial charge in [0.1, 0.15) is 5.52 Å². The molecule has 0 radical (unpaired) electrons. The largest absolute Gasteiger partial charge is 0.463 e. The van der Waals surface area contributed by atoms with Gasteiger partial charge in [0, 0.05) is 29.4 Å². The van der Waals surface area contributed by atoms with Gasteiger partial charge in [-0.15, -0.1) is 6.42 Å². The number of hydrogen-bond donors (Lipinski definition) is 2. The van der Waals surface area contributed by atoms with Crippen LogP contribution in [0.1, 0.15) is 18.9 Å². The van der Waals surface area contributed by atoms with Gasteiger partial charge in [-0.3, -0.25) is 4.99 Å². The van der Waals surface area contributed by atoms with Crippen molar-refractivity contribution in [3.63, 3.8) is 0 Å². The monoisotopic (exact) mass is 502 g/mol. The topological polar surface area (TPSA) is 98.3 Å². The smallest absolute Gasteiger partial charge is 0.253 e. The number of hydrogen-bond acceptors (Lipinski definition) is 8. The van der Waals surface area contributed by atoms with E-state index in [0.717, 1.165) is 17.8 Å². The highest BCUT2D eigenvalue weighted by molar-refractivity contribution is 8.15. The van der Waals surface area contributed by atoms with Crippen molar-refractivity contribution in [2.45, 2.75) is 30.1 Å². The van der Waals surface area contributed by atoms with E-state index in [1.165, 1.54) is 25.4 Å². The van der Waals surface area contributed by atoms with Crippen LogP contribution in [0.2, 0.25) is 0 Å². The second-order valence-electron chi connectivity index (χ2n) is 8.38. The molecule has 0 bridgehead atoms. The first-order valence-corrected chi connectivity index (χ1v) is 11.3. The number of anilines is 2. The molecule has 0 amide bonds. The van der Waals surface area contributed by atoms with Crippen LogP contribution in [0.4, 0.5) is 29.1 Å². The highest BCUT2D eigenvalue weighted by atomic mass is 32.2. The molecule has 1 fully saturated rings. The SMILES string of the molecule is C#CCOc1cnc2c(Nc3cc(F)c(F)c([C@@]4(C)N=C(N)S[C@@]5(C(F)F)CC54)c3)nccc2n1. The average molecular weight is 502 g/mol. The van der Waals surface area contributed by atoms with Gasteiger partial charge in [-0.25, -0.2) is 32.5 Å². The Bertz CT molecular complexity index is 1410. The fourth-order valence-corrected chi connectivity index (χ4v) is 5.81. The van der Waals surface area contributed by atoms with Gasteiger partial charge in [0.15, 0.2) is 29.2 Å². The first-order valence-electron chi connectivity index (χ1n) is 10.4. The van der Waals surface area contributed by atoms with Gasteiger partial charge >= 0.3 is 0 Å². The number of aromatic nitrogens is 3. The van der Waals surface area contributed by atoms with Crippen molar-refractivity contribution < 1.29 is 22.3 Å². The lowest BCUT2D eigenvalue weighted by molar-refractivity contribution is 0.123. The standard InChI is InChI=1S/C23H18F4N6OS/c1-3-6-34-16-10-30-18-14(32-16)4-5-29-19(18)31-11-7-12(17(25)13(24)8-11)22(2)15-9-23(15,20(26)27)35-21(28)33-22/h1,4-5,7-8,10,15,20H,6,9H2,2H3,(H2,28,33)(H,29,31)/t15?,22-,23+/m1/s1. The zero-order valence-electron chi connectivity index (χ0n) is 18.2. The molecule has 0 saturated heterocycles. The average Bonchev–Trinajstić information content (AvgIpc) is 3.57. The van der Waals surface area contributed by atoms with Gasteiger partial charge in [0.05, 0.1) is 22.0 Å². The van der Waals surface area contributed by atoms with Crippen LogP contribution in [0, 0.1) is 29.9 Å². The molecule has 1 aliphatic carbocycles. The molecule has 1 saturated carbocycles. The fourth-order valence-electron chi connectivity index (χ4n) is 4.48. The second kappa shape index (κ2) is 8.27. The van der Waals surface area contributed by atoms with Crippen LogP contribution >= 0.6 is 11.8 Å². The van der Waals surface area contributed by atoms with Crippen molar-refractivity contribution in [3.05, 3.63) is 47.8 Å². The van der Waals surface area contributed by atoms with Crippen molar-refractivity contribution in [2.24, 2.45) is 16.6 Å². The minimum absolute atomic E-state index is 0.0200. The molecule has 180 valence electrons. The Morgan fingerprint density at radius 2 is 2.14 bits per heavy atom. The number of benzene rings is 1. The number of ether oxygens (including phenoxy) is 1. The van der Waals surface area contributed by atoms with E-state index in [9.17, 15) is 13.2 Å². The lowest BCUT2D eigenvalue weighted by atomic mass is 9.85. The van der Waals surface area contributed by atoms with Crippen molar-refractivity contribution in [1.82, 2.24) is 15.0 Å². The third-order valence-corrected chi connectivity index (χ3v) is 7.52. The molecular formula is C23H18F4N6OS. The van der Waals surface area contributed by atoms with Crippen molar-refractivity contribution in [2.75, 3.05) is 11.9 Å². The van der Waals surface area contributed by atoms with Crippen molar-refractivity contribution >= 4 is 39.5 Å². The maximum Gasteiger partial charge on any atom is 0.253 e. The number of pyridine rings is 1. The van der Waals surface area contributed by atoms with Gasteiger partial charge in [0.25, 0.3) is 6.43 Å². The maximum atomic E-state index is 15.0. The molecule has 35 heavy (non-hydrogen) atoms. The van der Waals surface area contributed by atoms with E-state index in [0.29, 0.717) is 11.0 Å². The molecule has 0 spiro atoms. The number of nitrogens with one attached hydrogen (secondary N) is 1. The van der Waals surface area contributed by atoms with Crippen molar-refractivity contribution in [1.29, 1.82) is 0 Å². The lowest BCUT2D eigenvalue weighted by Crippen LogP contribution is -2.39. The van der Waals surface area contributed by atoms with Gasteiger partial charge in [0.2, 0.25) is 5.88 Å². The summed E-state index contributed by atoms with van der Waals surface area (Å²) in [6, 6.07) is 3.87. The number of terminal acetylenes is 1. The molecule has 7 nitrogen and oxygen atoms in total. The Balaban J connectivity index is 1.53. The molecule has 1 aromatic carbocycles. The number of thioether (sulfide) groups is 1. The van der Waals surface area contributed by atoms with Crippen LogP contribution in [-0.4, -0.2) is 37.9 Å². The summed E-state index contributed by atoms with van der Waals surface area (Å²) in [5.41, 5.74) is 5.10. The number of alkyl halides is 2. The van der Waals surface area contributed by atoms with E-state index < -0.39 is 34.3 Å². The van der Waals surface area contributed by atoms with Gasteiger partial charge in [-0.2, -0.15) is 0 Å². The third-order valence-electron chi connectivity index (χ3n) is 6.22. The number of rotatable bonds is 6. The number of amidine groups is 1. The molecule has 3 aromatic rings. The normalized spacial score (nSPS) is 25.1. The summed E-state index contributed by atoms with van der Waals surface area (Å²) >= 11 is 0.792. The van der Waals surface area contributed by atoms with Crippen LogP contribution in [0.3, 0.4) is 0 Å². The first kappa shape index (κ1) is 23.2. The number of aliphatic imine (C=N–C) groups is 1.